The van der Waals surface area contributed by atoms with Crippen LogP contribution in [0.4, 0.5) is 4.79 Å². The Morgan fingerprint density at radius 3 is 2.52 bits per heavy atom. The highest BCUT2D eigenvalue weighted by Crippen LogP contribution is 2.21. The van der Waals surface area contributed by atoms with Crippen molar-refractivity contribution in [3.8, 4) is 0 Å². The van der Waals surface area contributed by atoms with Gasteiger partial charge in [0.15, 0.2) is 0 Å². The summed E-state index contributed by atoms with van der Waals surface area (Å²) in [7, 11) is 1.44. The number of aliphatic hydroxyl groups excluding tert-OH is 1. The summed E-state index contributed by atoms with van der Waals surface area (Å²) in [4.78, 5) is 23.4. The maximum absolute atomic E-state index is 11.7. The number of methoxy groups -OCH3 is 1. The maximum Gasteiger partial charge on any atom is 0.407 e. The first-order valence-electron chi connectivity index (χ1n) is 7.14. The van der Waals surface area contributed by atoms with Crippen molar-refractivity contribution in [3.63, 3.8) is 0 Å². The van der Waals surface area contributed by atoms with Gasteiger partial charge in [0, 0.05) is 13.7 Å². The van der Waals surface area contributed by atoms with Gasteiger partial charge in [-0.05, 0) is 34.1 Å². The Morgan fingerprint density at radius 1 is 1.48 bits per heavy atom. The van der Waals surface area contributed by atoms with Crippen LogP contribution in [0, 0.1) is 5.92 Å². The van der Waals surface area contributed by atoms with Crippen LogP contribution in [0.2, 0.25) is 0 Å². The fourth-order valence-electron chi connectivity index (χ4n) is 2.33. The van der Waals surface area contributed by atoms with Gasteiger partial charge in [0.25, 0.3) is 0 Å². The highest BCUT2D eigenvalue weighted by molar-refractivity contribution is 5.81. The number of ether oxygens (including phenoxy) is 2. The number of hydrogen-bond donors (Lipinski definition) is 3. The van der Waals surface area contributed by atoms with Crippen molar-refractivity contribution < 1.29 is 24.2 Å². The number of amides is 2. The van der Waals surface area contributed by atoms with E-state index in [1.54, 1.807) is 27.7 Å². The summed E-state index contributed by atoms with van der Waals surface area (Å²) < 4.78 is 10.4. The summed E-state index contributed by atoms with van der Waals surface area (Å²) in [5.41, 5.74) is -0.610. The second-order valence-corrected chi connectivity index (χ2v) is 6.31. The predicted octanol–water partition coefficient (Wildman–Crippen LogP) is 0.412. The lowest BCUT2D eigenvalue weighted by atomic mass is 9.93. The molecule has 1 aliphatic heterocycles. The standard InChI is InChI=1S/C14H26N2O5/c1-8(16-13(19)21-14(2,3)4)10(17)11(20-5)9-6-7-15-12(9)18/h8-11,17H,6-7H2,1-5H3,(H,15,18)(H,16,19)/t8-,9-,10?,11?/m0/s1. The Morgan fingerprint density at radius 2 is 2.10 bits per heavy atom. The molecule has 0 aromatic carbocycles. The summed E-state index contributed by atoms with van der Waals surface area (Å²) in [5, 5.41) is 15.6. The molecule has 0 aromatic heterocycles. The maximum atomic E-state index is 11.7. The number of hydrogen-bond acceptors (Lipinski definition) is 5. The normalized spacial score (nSPS) is 23.1. The zero-order valence-corrected chi connectivity index (χ0v) is 13.3. The minimum absolute atomic E-state index is 0.134. The first-order chi connectivity index (χ1) is 9.65. The van der Waals surface area contributed by atoms with Crippen molar-refractivity contribution in [1.29, 1.82) is 0 Å². The summed E-state index contributed by atoms with van der Waals surface area (Å²) in [5.74, 6) is -0.543. The van der Waals surface area contributed by atoms with Crippen LogP contribution >= 0.6 is 0 Å². The molecule has 2 unspecified atom stereocenters. The molecule has 2 amide bonds. The molecule has 1 aliphatic rings. The van der Waals surface area contributed by atoms with Crippen LogP contribution in [0.25, 0.3) is 0 Å². The molecule has 7 nitrogen and oxygen atoms in total. The quantitative estimate of drug-likeness (QED) is 0.683. The Balaban J connectivity index is 2.60. The Labute approximate surface area is 125 Å². The highest BCUT2D eigenvalue weighted by Gasteiger charge is 2.39. The number of aliphatic hydroxyl groups is 1. The summed E-state index contributed by atoms with van der Waals surface area (Å²) in [6.45, 7) is 7.49. The lowest BCUT2D eigenvalue weighted by Crippen LogP contribution is -2.51. The first-order valence-corrected chi connectivity index (χ1v) is 7.14. The smallest absolute Gasteiger partial charge is 0.407 e. The molecule has 1 saturated heterocycles. The second-order valence-electron chi connectivity index (χ2n) is 6.31. The number of alkyl carbamates (subject to hydrolysis) is 1. The lowest BCUT2D eigenvalue weighted by Gasteiger charge is -2.30. The van der Waals surface area contributed by atoms with E-state index >= 15 is 0 Å². The zero-order valence-electron chi connectivity index (χ0n) is 13.3. The Bertz CT molecular complexity index is 380. The van der Waals surface area contributed by atoms with Gasteiger partial charge in [-0.25, -0.2) is 4.79 Å². The van der Waals surface area contributed by atoms with Gasteiger partial charge in [-0.1, -0.05) is 0 Å². The number of carbonyl (C=O) groups excluding carboxylic acids is 2. The van der Waals surface area contributed by atoms with E-state index < -0.39 is 35.9 Å². The van der Waals surface area contributed by atoms with E-state index in [1.165, 1.54) is 7.11 Å². The fraction of sp³-hybridized carbons (Fsp3) is 0.857. The summed E-state index contributed by atoms with van der Waals surface area (Å²) in [6.07, 6.45) is -1.68. The molecule has 3 N–H and O–H groups in total. The van der Waals surface area contributed by atoms with Gasteiger partial charge in [0.2, 0.25) is 5.91 Å². The topological polar surface area (TPSA) is 96.9 Å². The molecule has 7 heteroatoms. The third kappa shape index (κ3) is 5.17. The predicted molar refractivity (Wildman–Crippen MR) is 76.8 cm³/mol. The van der Waals surface area contributed by atoms with Gasteiger partial charge < -0.3 is 25.2 Å². The molecule has 122 valence electrons. The van der Waals surface area contributed by atoms with E-state index in [0.29, 0.717) is 13.0 Å². The van der Waals surface area contributed by atoms with Gasteiger partial charge in [-0.3, -0.25) is 4.79 Å². The molecule has 0 radical (unpaired) electrons. The molecule has 1 heterocycles. The van der Waals surface area contributed by atoms with Gasteiger partial charge in [0.1, 0.15) is 11.7 Å². The molecular weight excluding hydrogens is 276 g/mol. The Hall–Kier alpha value is -1.34. The molecule has 4 atom stereocenters. The van der Waals surface area contributed by atoms with Crippen molar-refractivity contribution in [2.75, 3.05) is 13.7 Å². The van der Waals surface area contributed by atoms with Crippen LogP contribution in [0.1, 0.15) is 34.1 Å². The van der Waals surface area contributed by atoms with Crippen LogP contribution in [0.3, 0.4) is 0 Å². The number of carbonyl (C=O) groups is 2. The van der Waals surface area contributed by atoms with E-state index in [1.807, 2.05) is 0 Å². The largest absolute Gasteiger partial charge is 0.444 e. The minimum atomic E-state index is -1.00. The molecule has 0 bridgehead atoms. The van der Waals surface area contributed by atoms with Crippen LogP contribution in [0.15, 0.2) is 0 Å². The van der Waals surface area contributed by atoms with E-state index in [9.17, 15) is 14.7 Å². The first kappa shape index (κ1) is 17.7. The lowest BCUT2D eigenvalue weighted by molar-refractivity contribution is -0.131. The van der Waals surface area contributed by atoms with Crippen molar-refractivity contribution in [2.45, 2.75) is 58.0 Å². The molecule has 1 fully saturated rings. The van der Waals surface area contributed by atoms with Crippen LogP contribution in [-0.2, 0) is 14.3 Å². The SMILES string of the molecule is COC(C(O)[C@H](C)NC(=O)OC(C)(C)C)[C@@H]1CCNC1=O. The monoisotopic (exact) mass is 302 g/mol. The van der Waals surface area contributed by atoms with Crippen LogP contribution in [0.5, 0.6) is 0 Å². The van der Waals surface area contributed by atoms with Crippen LogP contribution < -0.4 is 10.6 Å². The van der Waals surface area contributed by atoms with E-state index in [0.717, 1.165) is 0 Å². The van der Waals surface area contributed by atoms with Crippen molar-refractivity contribution >= 4 is 12.0 Å². The van der Waals surface area contributed by atoms with Crippen molar-refractivity contribution in [2.24, 2.45) is 5.92 Å². The average molecular weight is 302 g/mol. The minimum Gasteiger partial charge on any atom is -0.444 e. The number of rotatable bonds is 5. The van der Waals surface area contributed by atoms with Gasteiger partial charge in [-0.2, -0.15) is 0 Å². The van der Waals surface area contributed by atoms with E-state index in [-0.39, 0.29) is 5.91 Å². The summed E-state index contributed by atoms with van der Waals surface area (Å²) in [6, 6.07) is -0.599. The molecule has 21 heavy (non-hydrogen) atoms. The molecule has 0 spiro atoms. The fourth-order valence-corrected chi connectivity index (χ4v) is 2.33. The Kier molecular flexibility index (Phi) is 5.98. The molecule has 1 rings (SSSR count). The van der Waals surface area contributed by atoms with Crippen molar-refractivity contribution in [3.05, 3.63) is 0 Å². The van der Waals surface area contributed by atoms with E-state index in [2.05, 4.69) is 10.6 Å². The number of nitrogens with one attached hydrogen (secondary N) is 2. The van der Waals surface area contributed by atoms with Gasteiger partial charge in [0.05, 0.1) is 18.1 Å². The third-order valence-electron chi connectivity index (χ3n) is 3.35. The van der Waals surface area contributed by atoms with Crippen molar-refractivity contribution in [1.82, 2.24) is 10.6 Å². The summed E-state index contributed by atoms with van der Waals surface area (Å²) >= 11 is 0. The van der Waals surface area contributed by atoms with Crippen LogP contribution in [-0.4, -0.2) is 54.6 Å². The van der Waals surface area contributed by atoms with Gasteiger partial charge >= 0.3 is 6.09 Å². The molecular formula is C14H26N2O5. The average Bonchev–Trinajstić information content (AvgIpc) is 2.74. The molecule has 0 saturated carbocycles. The molecule has 0 aromatic rings. The van der Waals surface area contributed by atoms with Gasteiger partial charge in [-0.15, -0.1) is 0 Å². The van der Waals surface area contributed by atoms with E-state index in [4.69, 9.17) is 9.47 Å². The zero-order chi connectivity index (χ0) is 16.2. The molecule has 0 aliphatic carbocycles. The third-order valence-corrected chi connectivity index (χ3v) is 3.35. The second kappa shape index (κ2) is 7.09. The highest BCUT2D eigenvalue weighted by atomic mass is 16.6.